The molecule has 1 heterocycles. The molecule has 2 fully saturated rings. The van der Waals surface area contributed by atoms with Gasteiger partial charge in [-0.2, -0.15) is 0 Å². The first-order valence-electron chi connectivity index (χ1n) is 6.89. The molecular weight excluding hydrogens is 200 g/mol. The smallest absolute Gasteiger partial charge is 0.0791 e. The number of aliphatic hydroxyl groups excluding tert-OH is 1. The third-order valence-corrected chi connectivity index (χ3v) is 4.20. The highest BCUT2D eigenvalue weighted by molar-refractivity contribution is 4.81. The van der Waals surface area contributed by atoms with E-state index in [2.05, 4.69) is 17.1 Å². The van der Waals surface area contributed by atoms with E-state index in [0.717, 1.165) is 19.0 Å². The molecule has 2 unspecified atom stereocenters. The van der Waals surface area contributed by atoms with Gasteiger partial charge in [0.15, 0.2) is 0 Å². The van der Waals surface area contributed by atoms with Crippen molar-refractivity contribution in [3.63, 3.8) is 0 Å². The van der Waals surface area contributed by atoms with Crippen molar-refractivity contribution in [2.24, 2.45) is 5.92 Å². The average molecular weight is 226 g/mol. The van der Waals surface area contributed by atoms with Crippen LogP contribution in [0, 0.1) is 5.92 Å². The monoisotopic (exact) mass is 226 g/mol. The highest BCUT2D eigenvalue weighted by Gasteiger charge is 2.24. The number of nitrogens with one attached hydrogen (secondary N) is 1. The fourth-order valence-electron chi connectivity index (χ4n) is 2.76. The standard InChI is InChI=1S/C13H26N2O/c1-11(12-5-4-6-12)14-9-13(16)10-15-7-2-3-8-15/h11-14,16H,2-10H2,1H3. The summed E-state index contributed by atoms with van der Waals surface area (Å²) in [7, 11) is 0. The summed E-state index contributed by atoms with van der Waals surface area (Å²) in [5, 5.41) is 13.4. The molecule has 0 spiro atoms. The van der Waals surface area contributed by atoms with Crippen molar-refractivity contribution < 1.29 is 5.11 Å². The first kappa shape index (κ1) is 12.3. The fraction of sp³-hybridized carbons (Fsp3) is 1.00. The lowest BCUT2D eigenvalue weighted by Crippen LogP contribution is -2.43. The van der Waals surface area contributed by atoms with Gasteiger partial charge in [-0.3, -0.25) is 0 Å². The van der Waals surface area contributed by atoms with Crippen LogP contribution in [0.15, 0.2) is 0 Å². The van der Waals surface area contributed by atoms with E-state index in [0.29, 0.717) is 6.04 Å². The predicted octanol–water partition coefficient (Wildman–Crippen LogP) is 1.22. The van der Waals surface area contributed by atoms with E-state index in [4.69, 9.17) is 0 Å². The van der Waals surface area contributed by atoms with Gasteiger partial charge in [0.05, 0.1) is 6.10 Å². The molecular formula is C13H26N2O. The number of hydrogen-bond acceptors (Lipinski definition) is 3. The van der Waals surface area contributed by atoms with Crippen LogP contribution in [0.5, 0.6) is 0 Å². The molecule has 1 aliphatic carbocycles. The second kappa shape index (κ2) is 5.99. The van der Waals surface area contributed by atoms with E-state index in [1.54, 1.807) is 0 Å². The quantitative estimate of drug-likeness (QED) is 0.715. The van der Waals surface area contributed by atoms with Gasteiger partial charge >= 0.3 is 0 Å². The Labute approximate surface area is 99.2 Å². The molecule has 1 aliphatic heterocycles. The lowest BCUT2D eigenvalue weighted by atomic mass is 9.80. The number of nitrogens with zero attached hydrogens (tertiary/aromatic N) is 1. The third kappa shape index (κ3) is 3.44. The Hall–Kier alpha value is -0.120. The van der Waals surface area contributed by atoms with E-state index in [-0.39, 0.29) is 6.10 Å². The first-order chi connectivity index (χ1) is 7.75. The summed E-state index contributed by atoms with van der Waals surface area (Å²) >= 11 is 0. The van der Waals surface area contributed by atoms with Crippen molar-refractivity contribution in [3.8, 4) is 0 Å². The summed E-state index contributed by atoms with van der Waals surface area (Å²) in [6.45, 7) is 6.22. The van der Waals surface area contributed by atoms with Crippen molar-refractivity contribution in [1.29, 1.82) is 0 Å². The molecule has 16 heavy (non-hydrogen) atoms. The van der Waals surface area contributed by atoms with Gasteiger partial charge in [-0.1, -0.05) is 6.42 Å². The third-order valence-electron chi connectivity index (χ3n) is 4.20. The van der Waals surface area contributed by atoms with Crippen molar-refractivity contribution in [2.75, 3.05) is 26.2 Å². The van der Waals surface area contributed by atoms with Gasteiger partial charge in [-0.15, -0.1) is 0 Å². The summed E-state index contributed by atoms with van der Waals surface area (Å²) in [5.74, 6) is 0.860. The number of hydrogen-bond donors (Lipinski definition) is 2. The molecule has 0 aromatic heterocycles. The van der Waals surface area contributed by atoms with E-state index in [9.17, 15) is 5.11 Å². The van der Waals surface area contributed by atoms with Crippen LogP contribution in [0.1, 0.15) is 39.0 Å². The summed E-state index contributed by atoms with van der Waals surface area (Å²) < 4.78 is 0. The van der Waals surface area contributed by atoms with Gasteiger partial charge < -0.3 is 15.3 Å². The van der Waals surface area contributed by atoms with Crippen molar-refractivity contribution >= 4 is 0 Å². The molecule has 0 aromatic carbocycles. The van der Waals surface area contributed by atoms with Crippen LogP contribution in [0.25, 0.3) is 0 Å². The van der Waals surface area contributed by atoms with Crippen LogP contribution < -0.4 is 5.32 Å². The zero-order chi connectivity index (χ0) is 11.4. The second-order valence-corrected chi connectivity index (χ2v) is 5.55. The average Bonchev–Trinajstić information content (AvgIpc) is 2.64. The van der Waals surface area contributed by atoms with Crippen LogP contribution in [-0.2, 0) is 0 Å². The van der Waals surface area contributed by atoms with E-state index in [1.165, 1.54) is 45.2 Å². The summed E-state index contributed by atoms with van der Waals surface area (Å²) in [6.07, 6.45) is 6.55. The number of β-amino-alcohol motifs (C(OH)–C–C–N with tert-alkyl or cyclic N) is 1. The molecule has 1 saturated heterocycles. The Kier molecular flexibility index (Phi) is 4.62. The molecule has 0 amide bonds. The van der Waals surface area contributed by atoms with E-state index >= 15 is 0 Å². The second-order valence-electron chi connectivity index (χ2n) is 5.55. The molecule has 2 rings (SSSR count). The van der Waals surface area contributed by atoms with E-state index in [1.807, 2.05) is 0 Å². The van der Waals surface area contributed by atoms with Crippen molar-refractivity contribution in [3.05, 3.63) is 0 Å². The molecule has 3 nitrogen and oxygen atoms in total. The predicted molar refractivity (Wildman–Crippen MR) is 66.5 cm³/mol. The Morgan fingerprint density at radius 2 is 1.94 bits per heavy atom. The van der Waals surface area contributed by atoms with Gasteiger partial charge in [0, 0.05) is 19.1 Å². The Balaban J connectivity index is 1.57. The Bertz CT molecular complexity index is 200. The molecule has 2 atom stereocenters. The maximum atomic E-state index is 9.93. The largest absolute Gasteiger partial charge is 0.390 e. The molecule has 0 radical (unpaired) electrons. The number of aliphatic hydroxyl groups is 1. The highest BCUT2D eigenvalue weighted by Crippen LogP contribution is 2.29. The van der Waals surface area contributed by atoms with Gasteiger partial charge in [0.2, 0.25) is 0 Å². The lowest BCUT2D eigenvalue weighted by Gasteiger charge is -2.33. The van der Waals surface area contributed by atoms with Gasteiger partial charge in [-0.05, 0) is 51.6 Å². The van der Waals surface area contributed by atoms with Gasteiger partial charge in [0.1, 0.15) is 0 Å². The van der Waals surface area contributed by atoms with Crippen LogP contribution in [-0.4, -0.2) is 48.3 Å². The van der Waals surface area contributed by atoms with Crippen LogP contribution in [0.4, 0.5) is 0 Å². The molecule has 1 saturated carbocycles. The number of likely N-dealkylation sites (tertiary alicyclic amines) is 1. The fourth-order valence-corrected chi connectivity index (χ4v) is 2.76. The molecule has 2 aliphatic rings. The normalized spacial score (nSPS) is 26.6. The van der Waals surface area contributed by atoms with Crippen molar-refractivity contribution in [2.45, 2.75) is 51.2 Å². The van der Waals surface area contributed by atoms with Crippen LogP contribution in [0.3, 0.4) is 0 Å². The van der Waals surface area contributed by atoms with Crippen molar-refractivity contribution in [1.82, 2.24) is 10.2 Å². The highest BCUT2D eigenvalue weighted by atomic mass is 16.3. The topological polar surface area (TPSA) is 35.5 Å². The molecule has 3 heteroatoms. The maximum Gasteiger partial charge on any atom is 0.0791 e. The zero-order valence-corrected chi connectivity index (χ0v) is 10.5. The Morgan fingerprint density at radius 1 is 1.25 bits per heavy atom. The molecule has 2 N–H and O–H groups in total. The van der Waals surface area contributed by atoms with Gasteiger partial charge in [0.25, 0.3) is 0 Å². The zero-order valence-electron chi connectivity index (χ0n) is 10.5. The minimum Gasteiger partial charge on any atom is -0.390 e. The lowest BCUT2D eigenvalue weighted by molar-refractivity contribution is 0.114. The van der Waals surface area contributed by atoms with Crippen LogP contribution >= 0.6 is 0 Å². The molecule has 0 aromatic rings. The summed E-state index contributed by atoms with van der Waals surface area (Å²) in [6, 6.07) is 0.585. The van der Waals surface area contributed by atoms with E-state index < -0.39 is 0 Å². The summed E-state index contributed by atoms with van der Waals surface area (Å²) in [5.41, 5.74) is 0. The molecule has 0 bridgehead atoms. The summed E-state index contributed by atoms with van der Waals surface area (Å²) in [4.78, 5) is 2.38. The SMILES string of the molecule is CC(NCC(O)CN1CCCC1)C1CCC1. The minimum absolute atomic E-state index is 0.194. The molecule has 94 valence electrons. The van der Waals surface area contributed by atoms with Gasteiger partial charge in [-0.25, -0.2) is 0 Å². The first-order valence-corrected chi connectivity index (χ1v) is 6.89. The number of rotatable bonds is 6. The maximum absolute atomic E-state index is 9.93. The van der Waals surface area contributed by atoms with Crippen LogP contribution in [0.2, 0.25) is 0 Å². The Morgan fingerprint density at radius 3 is 2.50 bits per heavy atom. The minimum atomic E-state index is -0.194.